The minimum Gasteiger partial charge on any atom is -0.469 e. The van der Waals surface area contributed by atoms with E-state index in [1.807, 2.05) is 0 Å². The standard InChI is InChI=1S/C13H20O3/c1-12(7-5-11(15)16-3)9-4-6-13(12,2)10(14)8-9/h9H,4-8H2,1-3H3/t9-,12+,13+/m0/s1. The van der Waals surface area contributed by atoms with E-state index in [0.717, 1.165) is 19.3 Å². The molecule has 2 saturated carbocycles. The number of Topliss-reactive ketones (excluding diaryl/α,β-unsaturated/α-hetero) is 1. The maximum absolute atomic E-state index is 12.0. The van der Waals surface area contributed by atoms with Crippen LogP contribution in [-0.2, 0) is 14.3 Å². The normalized spacial score (nSPS) is 41.4. The van der Waals surface area contributed by atoms with Crippen LogP contribution < -0.4 is 0 Å². The smallest absolute Gasteiger partial charge is 0.305 e. The van der Waals surface area contributed by atoms with Crippen LogP contribution in [0.3, 0.4) is 0 Å². The van der Waals surface area contributed by atoms with Crippen LogP contribution in [0.2, 0.25) is 0 Å². The van der Waals surface area contributed by atoms with Crippen molar-refractivity contribution in [2.24, 2.45) is 16.7 Å². The Morgan fingerprint density at radius 1 is 1.50 bits per heavy atom. The molecule has 0 spiro atoms. The monoisotopic (exact) mass is 224 g/mol. The molecule has 3 heteroatoms. The molecule has 16 heavy (non-hydrogen) atoms. The van der Waals surface area contributed by atoms with Crippen molar-refractivity contribution < 1.29 is 14.3 Å². The van der Waals surface area contributed by atoms with E-state index in [-0.39, 0.29) is 16.8 Å². The first-order valence-electron chi connectivity index (χ1n) is 6.04. The molecule has 0 radical (unpaired) electrons. The Hall–Kier alpha value is -0.860. The van der Waals surface area contributed by atoms with Gasteiger partial charge in [0.15, 0.2) is 0 Å². The number of hydrogen-bond donors (Lipinski definition) is 0. The highest BCUT2D eigenvalue weighted by Gasteiger charge is 2.63. The SMILES string of the molecule is COC(=O)CC[C@]1(C)[C@H]2CC[C@]1(C)C(=O)C2. The third kappa shape index (κ3) is 1.33. The van der Waals surface area contributed by atoms with E-state index in [9.17, 15) is 9.59 Å². The Labute approximate surface area is 96.5 Å². The van der Waals surface area contributed by atoms with Gasteiger partial charge in [-0.05, 0) is 30.6 Å². The molecule has 2 fully saturated rings. The number of methoxy groups -OCH3 is 1. The van der Waals surface area contributed by atoms with Gasteiger partial charge in [-0.1, -0.05) is 13.8 Å². The highest BCUT2D eigenvalue weighted by Crippen LogP contribution is 2.65. The summed E-state index contributed by atoms with van der Waals surface area (Å²) in [6.45, 7) is 4.26. The third-order valence-corrected chi connectivity index (χ3v) is 5.28. The molecule has 2 aliphatic carbocycles. The highest BCUT2D eigenvalue weighted by atomic mass is 16.5. The highest BCUT2D eigenvalue weighted by molar-refractivity contribution is 5.89. The zero-order valence-electron chi connectivity index (χ0n) is 10.3. The fourth-order valence-corrected chi connectivity index (χ4v) is 3.70. The van der Waals surface area contributed by atoms with Crippen molar-refractivity contribution in [3.05, 3.63) is 0 Å². The number of rotatable bonds is 3. The number of fused-ring (bicyclic) bond motifs is 2. The molecule has 90 valence electrons. The van der Waals surface area contributed by atoms with Gasteiger partial charge in [0, 0.05) is 18.3 Å². The van der Waals surface area contributed by atoms with Gasteiger partial charge in [-0.15, -0.1) is 0 Å². The average Bonchev–Trinajstić information content (AvgIpc) is 2.61. The van der Waals surface area contributed by atoms with E-state index in [4.69, 9.17) is 0 Å². The third-order valence-electron chi connectivity index (χ3n) is 5.28. The van der Waals surface area contributed by atoms with E-state index in [2.05, 4.69) is 18.6 Å². The molecule has 0 N–H and O–H groups in total. The van der Waals surface area contributed by atoms with Crippen LogP contribution in [0, 0.1) is 16.7 Å². The van der Waals surface area contributed by atoms with Gasteiger partial charge in [0.1, 0.15) is 5.78 Å². The van der Waals surface area contributed by atoms with Gasteiger partial charge in [-0.3, -0.25) is 9.59 Å². The summed E-state index contributed by atoms with van der Waals surface area (Å²) >= 11 is 0. The first kappa shape index (κ1) is 11.6. The van der Waals surface area contributed by atoms with E-state index in [0.29, 0.717) is 24.5 Å². The van der Waals surface area contributed by atoms with Crippen LogP contribution in [0.1, 0.15) is 46.0 Å². The maximum Gasteiger partial charge on any atom is 0.305 e. The zero-order valence-corrected chi connectivity index (χ0v) is 10.3. The first-order valence-corrected chi connectivity index (χ1v) is 6.04. The molecular formula is C13H20O3. The zero-order chi connectivity index (χ0) is 12.0. The first-order chi connectivity index (χ1) is 7.44. The van der Waals surface area contributed by atoms with Gasteiger partial charge in [0.25, 0.3) is 0 Å². The van der Waals surface area contributed by atoms with Crippen LogP contribution >= 0.6 is 0 Å². The summed E-state index contributed by atoms with van der Waals surface area (Å²) in [5, 5.41) is 0. The summed E-state index contributed by atoms with van der Waals surface area (Å²) < 4.78 is 4.68. The number of esters is 1. The number of carbonyl (C=O) groups excluding carboxylic acids is 2. The second-order valence-electron chi connectivity index (χ2n) is 5.69. The summed E-state index contributed by atoms with van der Waals surface area (Å²) in [5.41, 5.74) is -0.177. The van der Waals surface area contributed by atoms with Crippen molar-refractivity contribution in [1.82, 2.24) is 0 Å². The second kappa shape index (κ2) is 3.57. The van der Waals surface area contributed by atoms with Gasteiger partial charge < -0.3 is 4.74 Å². The number of ketones is 1. The number of hydrogen-bond acceptors (Lipinski definition) is 3. The molecule has 0 heterocycles. The van der Waals surface area contributed by atoms with E-state index >= 15 is 0 Å². The summed E-state index contributed by atoms with van der Waals surface area (Å²) in [4.78, 5) is 23.2. The summed E-state index contributed by atoms with van der Waals surface area (Å²) in [5.74, 6) is 0.717. The largest absolute Gasteiger partial charge is 0.469 e. The quantitative estimate of drug-likeness (QED) is 0.691. The molecule has 0 amide bonds. The molecule has 0 saturated heterocycles. The predicted molar refractivity (Wildman–Crippen MR) is 59.8 cm³/mol. The Kier molecular flexibility index (Phi) is 2.59. The molecule has 0 aromatic rings. The maximum atomic E-state index is 12.0. The van der Waals surface area contributed by atoms with Gasteiger partial charge in [0.05, 0.1) is 7.11 Å². The van der Waals surface area contributed by atoms with Gasteiger partial charge in [0.2, 0.25) is 0 Å². The minimum atomic E-state index is -0.189. The van der Waals surface area contributed by atoms with Crippen molar-refractivity contribution in [2.75, 3.05) is 7.11 Å². The Bertz CT molecular complexity index is 336. The predicted octanol–water partition coefficient (Wildman–Crippen LogP) is 2.33. The summed E-state index contributed by atoms with van der Waals surface area (Å²) in [6.07, 6.45) is 4.07. The lowest BCUT2D eigenvalue weighted by atomic mass is 9.66. The second-order valence-corrected chi connectivity index (χ2v) is 5.69. The lowest BCUT2D eigenvalue weighted by Crippen LogP contribution is -2.35. The van der Waals surface area contributed by atoms with Crippen LogP contribution in [-0.4, -0.2) is 18.9 Å². The molecule has 0 unspecified atom stereocenters. The van der Waals surface area contributed by atoms with E-state index in [1.165, 1.54) is 7.11 Å². The summed E-state index contributed by atoms with van der Waals surface area (Å²) in [7, 11) is 1.42. The lowest BCUT2D eigenvalue weighted by Gasteiger charge is -2.36. The fourth-order valence-electron chi connectivity index (χ4n) is 3.70. The Balaban J connectivity index is 2.13. The summed E-state index contributed by atoms with van der Waals surface area (Å²) in [6, 6.07) is 0. The van der Waals surface area contributed by atoms with Crippen molar-refractivity contribution >= 4 is 11.8 Å². The molecule has 0 aromatic carbocycles. The molecule has 0 aliphatic heterocycles. The molecule has 3 atom stereocenters. The molecule has 0 aromatic heterocycles. The van der Waals surface area contributed by atoms with Gasteiger partial charge >= 0.3 is 5.97 Å². The van der Waals surface area contributed by atoms with Crippen LogP contribution in [0.15, 0.2) is 0 Å². The van der Waals surface area contributed by atoms with E-state index in [1.54, 1.807) is 0 Å². The number of carbonyl (C=O) groups is 2. The Morgan fingerprint density at radius 2 is 2.19 bits per heavy atom. The van der Waals surface area contributed by atoms with Crippen molar-refractivity contribution in [3.63, 3.8) is 0 Å². The topological polar surface area (TPSA) is 43.4 Å². The molecular weight excluding hydrogens is 204 g/mol. The van der Waals surface area contributed by atoms with Crippen LogP contribution in [0.5, 0.6) is 0 Å². The van der Waals surface area contributed by atoms with Crippen molar-refractivity contribution in [2.45, 2.75) is 46.0 Å². The van der Waals surface area contributed by atoms with Crippen molar-refractivity contribution in [1.29, 1.82) is 0 Å². The van der Waals surface area contributed by atoms with Gasteiger partial charge in [-0.25, -0.2) is 0 Å². The van der Waals surface area contributed by atoms with E-state index < -0.39 is 0 Å². The van der Waals surface area contributed by atoms with Crippen molar-refractivity contribution in [3.8, 4) is 0 Å². The van der Waals surface area contributed by atoms with Gasteiger partial charge in [-0.2, -0.15) is 0 Å². The molecule has 3 nitrogen and oxygen atoms in total. The minimum absolute atomic E-state index is 0.0122. The van der Waals surface area contributed by atoms with Crippen LogP contribution in [0.25, 0.3) is 0 Å². The molecule has 2 bridgehead atoms. The fraction of sp³-hybridized carbons (Fsp3) is 0.846. The lowest BCUT2D eigenvalue weighted by molar-refractivity contribution is -0.142. The molecule has 2 rings (SSSR count). The number of ether oxygens (including phenoxy) is 1. The molecule has 2 aliphatic rings. The Morgan fingerprint density at radius 3 is 2.62 bits per heavy atom. The average molecular weight is 224 g/mol. The van der Waals surface area contributed by atoms with Crippen LogP contribution in [0.4, 0.5) is 0 Å².